The normalized spacial score (nSPS) is 32.1. The van der Waals surface area contributed by atoms with Gasteiger partial charge in [-0.25, -0.2) is 0 Å². The first-order chi connectivity index (χ1) is 17.2. The van der Waals surface area contributed by atoms with E-state index in [1.165, 1.54) is 31.1 Å². The lowest BCUT2D eigenvalue weighted by Crippen LogP contribution is -2.49. The predicted octanol–water partition coefficient (Wildman–Crippen LogP) is 5.94. The molecule has 1 aliphatic heterocycles. The number of hydrogen-bond acceptors (Lipinski definition) is 3. The molecule has 3 aromatic rings. The van der Waals surface area contributed by atoms with Crippen molar-refractivity contribution in [1.82, 2.24) is 10.3 Å². The molecule has 7 atom stereocenters. The van der Waals surface area contributed by atoms with E-state index < -0.39 is 0 Å². The quantitative estimate of drug-likeness (QED) is 0.504. The summed E-state index contributed by atoms with van der Waals surface area (Å²) >= 11 is 0. The van der Waals surface area contributed by atoms with Crippen LogP contribution in [0.15, 0.2) is 66.7 Å². The van der Waals surface area contributed by atoms with E-state index >= 15 is 0 Å². The van der Waals surface area contributed by atoms with Crippen LogP contribution in [0, 0.1) is 29.6 Å². The van der Waals surface area contributed by atoms with E-state index in [1.54, 1.807) is 0 Å². The first kappa shape index (κ1) is 22.7. The van der Waals surface area contributed by atoms with E-state index in [-0.39, 0.29) is 30.0 Å². The molecule has 3 fully saturated rings. The number of carbonyl (C=O) groups excluding carboxylic acids is 1. The molecule has 0 spiro atoms. The molecule has 6 rings (SSSR count). The molecule has 2 saturated carbocycles. The Morgan fingerprint density at radius 2 is 1.77 bits per heavy atom. The van der Waals surface area contributed by atoms with Crippen LogP contribution in [0.1, 0.15) is 50.3 Å². The van der Waals surface area contributed by atoms with Gasteiger partial charge in [0.1, 0.15) is 0 Å². The zero-order chi connectivity index (χ0) is 23.8. The highest BCUT2D eigenvalue weighted by atomic mass is 16.5. The highest BCUT2D eigenvalue weighted by Gasteiger charge is 2.56. The molecular formula is C31H36N2O2. The Hall–Kier alpha value is -2.72. The number of ether oxygens (including phenoxy) is 1. The number of pyridine rings is 1. The van der Waals surface area contributed by atoms with Gasteiger partial charge in [0.2, 0.25) is 5.91 Å². The molecule has 1 unspecified atom stereocenters. The summed E-state index contributed by atoms with van der Waals surface area (Å²) in [6, 6.07) is 22.9. The van der Waals surface area contributed by atoms with E-state index in [0.717, 1.165) is 29.6 Å². The molecule has 182 valence electrons. The SMILES string of the molecule is C[C@H]1O[C@H](Cc2ccc3ccccc3n2)C2[C@H]1[C@H](C(=O)NCc1ccccc1)C[C@@H]1CCCC[C@@H]21. The standard InChI is InChI=1S/C31H36N2O2/c1-20-29-26(31(34)32-19-21-9-3-2-4-10-21)17-23-12-5-7-13-25(23)30(29)28(35-20)18-24-16-15-22-11-6-8-14-27(22)33-24/h2-4,6,8-11,14-16,20,23,25-26,28-30H,5,7,12-13,17-19H2,1H3,(H,32,34)/t20-,23+,25-,26-,28-,29-,30?/m1/s1. The molecule has 4 nitrogen and oxygen atoms in total. The van der Waals surface area contributed by atoms with Gasteiger partial charge in [-0.05, 0) is 55.2 Å². The fraction of sp³-hybridized carbons (Fsp3) is 0.484. The molecule has 3 aliphatic rings. The second-order valence-corrected chi connectivity index (χ2v) is 11.0. The van der Waals surface area contributed by atoms with E-state index in [9.17, 15) is 4.79 Å². The smallest absolute Gasteiger partial charge is 0.223 e. The van der Waals surface area contributed by atoms with Crippen molar-refractivity contribution in [2.75, 3.05) is 0 Å². The Labute approximate surface area is 208 Å². The number of benzene rings is 2. The van der Waals surface area contributed by atoms with Gasteiger partial charge in [0.05, 0.1) is 17.7 Å². The van der Waals surface area contributed by atoms with E-state index in [1.807, 2.05) is 18.2 Å². The summed E-state index contributed by atoms with van der Waals surface area (Å²) in [5.74, 6) is 2.28. The number of carbonyl (C=O) groups is 1. The van der Waals surface area contributed by atoms with Crippen LogP contribution in [-0.2, 0) is 22.5 Å². The molecule has 35 heavy (non-hydrogen) atoms. The molecule has 1 saturated heterocycles. The van der Waals surface area contributed by atoms with Crippen LogP contribution in [0.3, 0.4) is 0 Å². The maximum absolute atomic E-state index is 13.6. The van der Waals surface area contributed by atoms with Crippen molar-refractivity contribution in [3.8, 4) is 0 Å². The topological polar surface area (TPSA) is 51.2 Å². The van der Waals surface area contributed by atoms with Gasteiger partial charge in [-0.2, -0.15) is 0 Å². The summed E-state index contributed by atoms with van der Waals surface area (Å²) in [5, 5.41) is 4.45. The lowest BCUT2D eigenvalue weighted by atomic mass is 9.56. The largest absolute Gasteiger partial charge is 0.374 e. The lowest BCUT2D eigenvalue weighted by Gasteiger charge is -2.47. The molecule has 2 aromatic carbocycles. The summed E-state index contributed by atoms with van der Waals surface area (Å²) in [5.41, 5.74) is 3.30. The van der Waals surface area contributed by atoms with Gasteiger partial charge >= 0.3 is 0 Å². The fourth-order valence-corrected chi connectivity index (χ4v) is 7.50. The van der Waals surface area contributed by atoms with Gasteiger partial charge in [0.25, 0.3) is 0 Å². The third-order valence-corrected chi connectivity index (χ3v) is 9.00. The molecular weight excluding hydrogens is 432 g/mol. The number of para-hydroxylation sites is 1. The molecule has 0 bridgehead atoms. The third-order valence-electron chi connectivity index (χ3n) is 9.00. The predicted molar refractivity (Wildman–Crippen MR) is 139 cm³/mol. The van der Waals surface area contributed by atoms with Crippen molar-refractivity contribution in [3.63, 3.8) is 0 Å². The van der Waals surface area contributed by atoms with Crippen LogP contribution in [0.2, 0.25) is 0 Å². The molecule has 1 aromatic heterocycles. The van der Waals surface area contributed by atoms with Crippen LogP contribution in [0.25, 0.3) is 10.9 Å². The van der Waals surface area contributed by atoms with Crippen LogP contribution >= 0.6 is 0 Å². The first-order valence-electron chi connectivity index (χ1n) is 13.5. The van der Waals surface area contributed by atoms with Crippen LogP contribution in [0.5, 0.6) is 0 Å². The number of nitrogens with zero attached hydrogens (tertiary/aromatic N) is 1. The van der Waals surface area contributed by atoms with Crippen LogP contribution in [0.4, 0.5) is 0 Å². The molecule has 4 heteroatoms. The number of hydrogen-bond donors (Lipinski definition) is 1. The van der Waals surface area contributed by atoms with Crippen molar-refractivity contribution < 1.29 is 9.53 Å². The monoisotopic (exact) mass is 468 g/mol. The summed E-state index contributed by atoms with van der Waals surface area (Å²) in [7, 11) is 0. The van der Waals surface area contributed by atoms with Crippen LogP contribution < -0.4 is 5.32 Å². The molecule has 2 heterocycles. The summed E-state index contributed by atoms with van der Waals surface area (Å²) < 4.78 is 6.70. The minimum Gasteiger partial charge on any atom is -0.374 e. The minimum absolute atomic E-state index is 0.0348. The average Bonchev–Trinajstić information content (AvgIpc) is 3.23. The lowest BCUT2D eigenvalue weighted by molar-refractivity contribution is -0.132. The zero-order valence-corrected chi connectivity index (χ0v) is 20.6. The maximum Gasteiger partial charge on any atom is 0.223 e. The number of fused-ring (bicyclic) bond motifs is 4. The third kappa shape index (κ3) is 4.49. The molecule has 1 amide bonds. The summed E-state index contributed by atoms with van der Waals surface area (Å²) in [4.78, 5) is 18.5. The van der Waals surface area contributed by atoms with Crippen molar-refractivity contribution in [3.05, 3.63) is 78.0 Å². The Morgan fingerprint density at radius 3 is 2.66 bits per heavy atom. The number of amides is 1. The first-order valence-corrected chi connectivity index (χ1v) is 13.5. The molecule has 0 radical (unpaired) electrons. The Balaban J connectivity index is 1.24. The Morgan fingerprint density at radius 1 is 0.971 bits per heavy atom. The minimum atomic E-state index is 0.0348. The second kappa shape index (κ2) is 9.73. The van der Waals surface area contributed by atoms with Gasteiger partial charge in [0.15, 0.2) is 0 Å². The second-order valence-electron chi connectivity index (χ2n) is 11.0. The van der Waals surface area contributed by atoms with Crippen molar-refractivity contribution in [1.29, 1.82) is 0 Å². The number of rotatable bonds is 5. The van der Waals surface area contributed by atoms with E-state index in [0.29, 0.717) is 24.3 Å². The van der Waals surface area contributed by atoms with Gasteiger partial charge < -0.3 is 10.1 Å². The van der Waals surface area contributed by atoms with Crippen LogP contribution in [-0.4, -0.2) is 23.1 Å². The number of aromatic nitrogens is 1. The number of nitrogens with one attached hydrogen (secondary N) is 1. The average molecular weight is 469 g/mol. The van der Waals surface area contributed by atoms with Crippen molar-refractivity contribution in [2.45, 2.75) is 64.2 Å². The zero-order valence-electron chi connectivity index (χ0n) is 20.6. The molecule has 1 N–H and O–H groups in total. The summed E-state index contributed by atoms with van der Waals surface area (Å²) in [6.07, 6.45) is 7.22. The highest BCUT2D eigenvalue weighted by molar-refractivity contribution is 5.79. The van der Waals surface area contributed by atoms with Gasteiger partial charge in [-0.1, -0.05) is 73.9 Å². The Bertz CT molecular complexity index is 1180. The Kier molecular flexibility index (Phi) is 6.32. The van der Waals surface area contributed by atoms with E-state index in [2.05, 4.69) is 60.8 Å². The van der Waals surface area contributed by atoms with Crippen molar-refractivity contribution >= 4 is 16.8 Å². The molecule has 2 aliphatic carbocycles. The maximum atomic E-state index is 13.6. The van der Waals surface area contributed by atoms with Gasteiger partial charge in [-0.15, -0.1) is 0 Å². The summed E-state index contributed by atoms with van der Waals surface area (Å²) in [6.45, 7) is 2.80. The highest BCUT2D eigenvalue weighted by Crippen LogP contribution is 2.55. The fourth-order valence-electron chi connectivity index (χ4n) is 7.50. The van der Waals surface area contributed by atoms with Gasteiger partial charge in [0, 0.05) is 35.9 Å². The van der Waals surface area contributed by atoms with E-state index in [4.69, 9.17) is 9.72 Å². The van der Waals surface area contributed by atoms with Crippen molar-refractivity contribution in [2.24, 2.45) is 29.6 Å². The van der Waals surface area contributed by atoms with Gasteiger partial charge in [-0.3, -0.25) is 9.78 Å².